The van der Waals surface area contributed by atoms with Gasteiger partial charge in [0, 0.05) is 23.7 Å². The van der Waals surface area contributed by atoms with Crippen LogP contribution in [0.4, 0.5) is 11.4 Å². The summed E-state index contributed by atoms with van der Waals surface area (Å²) in [6.45, 7) is 0.446. The molecule has 0 saturated carbocycles. The quantitative estimate of drug-likeness (QED) is 0.237. The van der Waals surface area contributed by atoms with Crippen LogP contribution >= 0.6 is 35.6 Å². The summed E-state index contributed by atoms with van der Waals surface area (Å²) >= 11 is 5.80. The third-order valence-corrected chi connectivity index (χ3v) is 3.59. The second kappa shape index (κ2) is 11.6. The molecule has 0 fully saturated rings. The number of guanidine groups is 1. The molecule has 0 heterocycles. The number of para-hydroxylation sites is 2. The molecule has 0 aliphatic carbocycles. The van der Waals surface area contributed by atoms with Crippen LogP contribution in [0.3, 0.4) is 0 Å². The van der Waals surface area contributed by atoms with Crippen molar-refractivity contribution in [3.05, 3.63) is 53.6 Å². The Labute approximate surface area is 175 Å². The first kappa shape index (κ1) is 22.0. The van der Waals surface area contributed by atoms with Crippen LogP contribution in [0.15, 0.2) is 53.5 Å². The van der Waals surface area contributed by atoms with Gasteiger partial charge in [0.25, 0.3) is 0 Å². The van der Waals surface area contributed by atoms with Crippen molar-refractivity contribution in [2.75, 3.05) is 24.3 Å². The number of nitrogens with two attached hydrogens (primary N) is 1. The number of aliphatic imine (C=N–C) groups is 1. The fraction of sp³-hybridized carbons (Fsp3) is 0.222. The van der Waals surface area contributed by atoms with E-state index >= 15 is 0 Å². The highest BCUT2D eigenvalue weighted by Crippen LogP contribution is 2.22. The first-order valence-electron chi connectivity index (χ1n) is 7.84. The molecule has 0 unspecified atom stereocenters. The summed E-state index contributed by atoms with van der Waals surface area (Å²) in [5, 5.41) is 6.42. The number of methoxy groups -OCH3 is 1. The van der Waals surface area contributed by atoms with Crippen molar-refractivity contribution < 1.29 is 9.53 Å². The van der Waals surface area contributed by atoms with Gasteiger partial charge < -0.3 is 21.1 Å². The lowest BCUT2D eigenvalue weighted by molar-refractivity contribution is -0.116. The molecular formula is C18H22ClIN4O2. The Hall–Kier alpha value is -2.00. The predicted octanol–water partition coefficient (Wildman–Crippen LogP) is 4.11. The van der Waals surface area contributed by atoms with Crippen molar-refractivity contribution in [1.29, 1.82) is 0 Å². The molecule has 1 amide bonds. The van der Waals surface area contributed by atoms with E-state index in [1.165, 1.54) is 0 Å². The molecule has 2 rings (SSSR count). The van der Waals surface area contributed by atoms with Crippen LogP contribution in [-0.2, 0) is 4.79 Å². The maximum absolute atomic E-state index is 11.9. The zero-order valence-electron chi connectivity index (χ0n) is 14.4. The number of rotatable bonds is 7. The minimum atomic E-state index is -0.0752. The number of carbonyl (C=O) groups excluding carboxylic acids is 1. The topological polar surface area (TPSA) is 88.7 Å². The monoisotopic (exact) mass is 488 g/mol. The lowest BCUT2D eigenvalue weighted by atomic mass is 10.2. The highest BCUT2D eigenvalue weighted by molar-refractivity contribution is 14.0. The first-order valence-corrected chi connectivity index (χ1v) is 8.21. The number of nitrogens with zero attached hydrogens (tertiary/aromatic N) is 1. The SMILES string of the molecule is COc1ccccc1NC(N)=NCCCC(=O)Nc1ccc(Cl)cc1.I. The van der Waals surface area contributed by atoms with E-state index in [-0.39, 0.29) is 35.8 Å². The number of anilines is 2. The molecule has 0 aliphatic rings. The van der Waals surface area contributed by atoms with E-state index in [1.807, 2.05) is 24.3 Å². The molecule has 0 aliphatic heterocycles. The van der Waals surface area contributed by atoms with Crippen molar-refractivity contribution in [2.45, 2.75) is 12.8 Å². The van der Waals surface area contributed by atoms with E-state index in [2.05, 4.69) is 15.6 Å². The highest BCUT2D eigenvalue weighted by Gasteiger charge is 2.04. The van der Waals surface area contributed by atoms with Crippen LogP contribution < -0.4 is 21.1 Å². The Morgan fingerprint density at radius 3 is 2.54 bits per heavy atom. The third kappa shape index (κ3) is 7.49. The van der Waals surface area contributed by atoms with E-state index < -0.39 is 0 Å². The van der Waals surface area contributed by atoms with Gasteiger partial charge in [0.2, 0.25) is 5.91 Å². The fourth-order valence-electron chi connectivity index (χ4n) is 2.12. The summed E-state index contributed by atoms with van der Waals surface area (Å²) in [7, 11) is 1.59. The van der Waals surface area contributed by atoms with Gasteiger partial charge in [-0.25, -0.2) is 0 Å². The zero-order valence-corrected chi connectivity index (χ0v) is 17.5. The molecule has 6 nitrogen and oxygen atoms in total. The molecule has 8 heteroatoms. The normalized spacial score (nSPS) is 10.6. The Bertz CT molecular complexity index is 738. The fourth-order valence-corrected chi connectivity index (χ4v) is 2.25. The Morgan fingerprint density at radius 2 is 1.85 bits per heavy atom. The van der Waals surface area contributed by atoms with Gasteiger partial charge >= 0.3 is 0 Å². The molecule has 4 N–H and O–H groups in total. The first-order chi connectivity index (χ1) is 12.1. The smallest absolute Gasteiger partial charge is 0.224 e. The van der Waals surface area contributed by atoms with Gasteiger partial charge in [0.1, 0.15) is 5.75 Å². The molecule has 0 saturated heterocycles. The summed E-state index contributed by atoms with van der Waals surface area (Å²) in [6, 6.07) is 14.4. The van der Waals surface area contributed by atoms with Gasteiger partial charge in [-0.05, 0) is 42.8 Å². The number of ether oxygens (including phenoxy) is 1. The number of halogens is 2. The zero-order chi connectivity index (χ0) is 18.1. The number of benzene rings is 2. The summed E-state index contributed by atoms with van der Waals surface area (Å²) < 4.78 is 5.23. The van der Waals surface area contributed by atoms with Crippen LogP contribution in [0.5, 0.6) is 5.75 Å². The minimum absolute atomic E-state index is 0. The average molecular weight is 489 g/mol. The van der Waals surface area contributed by atoms with E-state index in [0.717, 1.165) is 11.4 Å². The standard InChI is InChI=1S/C18H21ClN4O2.HI/c1-25-16-6-3-2-5-15(16)23-18(20)21-12-4-7-17(24)22-14-10-8-13(19)9-11-14;/h2-3,5-6,8-11H,4,7,12H2,1H3,(H,22,24)(H3,20,21,23);1H. The van der Waals surface area contributed by atoms with E-state index in [4.69, 9.17) is 22.1 Å². The van der Waals surface area contributed by atoms with Gasteiger partial charge in [-0.2, -0.15) is 0 Å². The van der Waals surface area contributed by atoms with Crippen LogP contribution in [0.1, 0.15) is 12.8 Å². The maximum Gasteiger partial charge on any atom is 0.224 e. The number of nitrogens with one attached hydrogen (secondary N) is 2. The second-order valence-corrected chi connectivity index (χ2v) is 5.69. The molecule has 0 atom stereocenters. The average Bonchev–Trinajstić information content (AvgIpc) is 2.61. The summed E-state index contributed by atoms with van der Waals surface area (Å²) in [6.07, 6.45) is 0.946. The molecule has 26 heavy (non-hydrogen) atoms. The summed E-state index contributed by atoms with van der Waals surface area (Å²) in [4.78, 5) is 16.1. The number of hydrogen-bond donors (Lipinski definition) is 3. The molecule has 0 radical (unpaired) electrons. The number of amides is 1. The second-order valence-electron chi connectivity index (χ2n) is 5.25. The maximum atomic E-state index is 11.9. The Balaban J connectivity index is 0.00000338. The molecule has 0 bridgehead atoms. The van der Waals surface area contributed by atoms with Crippen LogP contribution in [-0.4, -0.2) is 25.5 Å². The lowest BCUT2D eigenvalue weighted by Gasteiger charge is -2.10. The van der Waals surface area contributed by atoms with Crippen LogP contribution in [0.25, 0.3) is 0 Å². The van der Waals surface area contributed by atoms with Crippen molar-refractivity contribution >= 4 is 58.8 Å². The minimum Gasteiger partial charge on any atom is -0.495 e. The van der Waals surface area contributed by atoms with Gasteiger partial charge in [-0.3, -0.25) is 9.79 Å². The van der Waals surface area contributed by atoms with E-state index in [0.29, 0.717) is 30.2 Å². The largest absolute Gasteiger partial charge is 0.495 e. The predicted molar refractivity (Wildman–Crippen MR) is 118 cm³/mol. The molecule has 0 aromatic heterocycles. The van der Waals surface area contributed by atoms with Crippen molar-refractivity contribution in [2.24, 2.45) is 10.7 Å². The van der Waals surface area contributed by atoms with Gasteiger partial charge in [-0.1, -0.05) is 23.7 Å². The number of hydrogen-bond acceptors (Lipinski definition) is 3. The third-order valence-electron chi connectivity index (χ3n) is 3.34. The molecule has 2 aromatic carbocycles. The molecular weight excluding hydrogens is 467 g/mol. The Morgan fingerprint density at radius 1 is 1.15 bits per heavy atom. The van der Waals surface area contributed by atoms with Crippen LogP contribution in [0.2, 0.25) is 5.02 Å². The van der Waals surface area contributed by atoms with E-state index in [1.54, 1.807) is 31.4 Å². The van der Waals surface area contributed by atoms with E-state index in [9.17, 15) is 4.79 Å². The van der Waals surface area contributed by atoms with Gasteiger partial charge in [0.05, 0.1) is 12.8 Å². The van der Waals surface area contributed by atoms with Gasteiger partial charge in [0.15, 0.2) is 5.96 Å². The lowest BCUT2D eigenvalue weighted by Crippen LogP contribution is -2.23. The molecule has 2 aromatic rings. The molecule has 0 spiro atoms. The number of carbonyl (C=O) groups is 1. The summed E-state index contributed by atoms with van der Waals surface area (Å²) in [5.74, 6) is 0.888. The van der Waals surface area contributed by atoms with Crippen molar-refractivity contribution in [3.63, 3.8) is 0 Å². The highest BCUT2D eigenvalue weighted by atomic mass is 127. The van der Waals surface area contributed by atoms with Crippen molar-refractivity contribution in [3.8, 4) is 5.75 Å². The van der Waals surface area contributed by atoms with Crippen molar-refractivity contribution in [1.82, 2.24) is 0 Å². The van der Waals surface area contributed by atoms with Crippen LogP contribution in [0, 0.1) is 0 Å². The molecule has 140 valence electrons. The Kier molecular flexibility index (Phi) is 9.82. The van der Waals surface area contributed by atoms with Gasteiger partial charge in [-0.15, -0.1) is 24.0 Å². The summed E-state index contributed by atoms with van der Waals surface area (Å²) in [5.41, 5.74) is 7.31.